The molecule has 2 heterocycles. The minimum Gasteiger partial charge on any atom is -0.481 e. The molecular formula is C18H22N4O4S. The maximum atomic E-state index is 12.8. The lowest BCUT2D eigenvalue weighted by Gasteiger charge is -2.18. The highest BCUT2D eigenvalue weighted by molar-refractivity contribution is 7.89. The van der Waals surface area contributed by atoms with E-state index in [1.54, 1.807) is 36.5 Å². The molecule has 0 atom stereocenters. The summed E-state index contributed by atoms with van der Waals surface area (Å²) >= 11 is 0. The number of hydrogen-bond acceptors (Lipinski definition) is 5. The molecule has 2 amide bonds. The highest BCUT2D eigenvalue weighted by Gasteiger charge is 2.29. The quantitative estimate of drug-likeness (QED) is 0.787. The predicted octanol–water partition coefficient (Wildman–Crippen LogP) is 2.20. The summed E-state index contributed by atoms with van der Waals surface area (Å²) in [7, 11) is -2.13. The molecule has 0 saturated carbocycles. The van der Waals surface area contributed by atoms with Crippen molar-refractivity contribution < 1.29 is 17.9 Å². The maximum absolute atomic E-state index is 12.8. The first-order valence-electron chi connectivity index (χ1n) is 8.64. The van der Waals surface area contributed by atoms with Gasteiger partial charge in [0.25, 0.3) is 0 Å². The van der Waals surface area contributed by atoms with Crippen LogP contribution in [0.1, 0.15) is 18.4 Å². The second kappa shape index (κ2) is 8.36. The van der Waals surface area contributed by atoms with Crippen LogP contribution in [0.3, 0.4) is 0 Å². The van der Waals surface area contributed by atoms with E-state index in [-0.39, 0.29) is 17.1 Å². The third kappa shape index (κ3) is 4.37. The smallest absolute Gasteiger partial charge is 0.319 e. The van der Waals surface area contributed by atoms with Gasteiger partial charge in [0, 0.05) is 31.4 Å². The molecule has 1 fully saturated rings. The fourth-order valence-electron chi connectivity index (χ4n) is 2.95. The van der Waals surface area contributed by atoms with E-state index in [2.05, 4.69) is 15.6 Å². The zero-order valence-corrected chi connectivity index (χ0v) is 15.8. The molecule has 27 heavy (non-hydrogen) atoms. The van der Waals surface area contributed by atoms with Gasteiger partial charge in [-0.3, -0.25) is 0 Å². The monoisotopic (exact) mass is 390 g/mol. The molecule has 9 heteroatoms. The van der Waals surface area contributed by atoms with Gasteiger partial charge in [-0.2, -0.15) is 4.31 Å². The third-order valence-corrected chi connectivity index (χ3v) is 6.26. The average molecular weight is 390 g/mol. The summed E-state index contributed by atoms with van der Waals surface area (Å²) in [6, 6.07) is 9.44. The number of rotatable bonds is 6. The number of anilines is 1. The van der Waals surface area contributed by atoms with Crippen molar-refractivity contribution in [2.45, 2.75) is 24.3 Å². The average Bonchev–Trinajstić information content (AvgIpc) is 3.22. The number of sulfonamides is 1. The van der Waals surface area contributed by atoms with Crippen LogP contribution in [0.15, 0.2) is 47.5 Å². The van der Waals surface area contributed by atoms with Gasteiger partial charge in [0.15, 0.2) is 0 Å². The summed E-state index contributed by atoms with van der Waals surface area (Å²) in [6.07, 6.45) is 3.30. The van der Waals surface area contributed by atoms with E-state index in [0.717, 1.165) is 12.8 Å². The van der Waals surface area contributed by atoms with E-state index in [4.69, 9.17) is 4.74 Å². The molecule has 1 aliphatic rings. The Hall–Kier alpha value is -2.65. The lowest BCUT2D eigenvalue weighted by molar-refractivity contribution is 0.251. The normalized spacial score (nSPS) is 14.7. The lowest BCUT2D eigenvalue weighted by atomic mass is 10.2. The zero-order valence-electron chi connectivity index (χ0n) is 15.0. The van der Waals surface area contributed by atoms with Crippen molar-refractivity contribution in [2.24, 2.45) is 0 Å². The molecule has 0 bridgehead atoms. The molecule has 0 aliphatic carbocycles. The summed E-state index contributed by atoms with van der Waals surface area (Å²) in [4.78, 5) is 16.5. The Morgan fingerprint density at radius 1 is 1.19 bits per heavy atom. The van der Waals surface area contributed by atoms with Crippen LogP contribution >= 0.6 is 0 Å². The number of methoxy groups -OCH3 is 1. The largest absolute Gasteiger partial charge is 0.481 e. The first-order valence-corrected chi connectivity index (χ1v) is 10.1. The first kappa shape index (κ1) is 19.1. The van der Waals surface area contributed by atoms with Crippen molar-refractivity contribution in [3.63, 3.8) is 0 Å². The van der Waals surface area contributed by atoms with E-state index in [1.807, 2.05) is 0 Å². The minimum atomic E-state index is -3.63. The number of nitrogens with one attached hydrogen (secondary N) is 2. The van der Waals surface area contributed by atoms with Crippen molar-refractivity contribution in [3.8, 4) is 5.88 Å². The zero-order chi connectivity index (χ0) is 19.3. The summed E-state index contributed by atoms with van der Waals surface area (Å²) in [5.74, 6) is 0.426. The highest BCUT2D eigenvalue weighted by atomic mass is 32.2. The third-order valence-electron chi connectivity index (χ3n) is 4.30. The van der Waals surface area contributed by atoms with Crippen LogP contribution < -0.4 is 15.4 Å². The van der Waals surface area contributed by atoms with Gasteiger partial charge >= 0.3 is 6.03 Å². The number of amides is 2. The second-order valence-corrected chi connectivity index (χ2v) is 7.99. The summed E-state index contributed by atoms with van der Waals surface area (Å²) < 4.78 is 32.3. The molecule has 2 N–H and O–H groups in total. The van der Waals surface area contributed by atoms with Crippen LogP contribution in [0, 0.1) is 0 Å². The Morgan fingerprint density at radius 3 is 2.67 bits per heavy atom. The van der Waals surface area contributed by atoms with E-state index in [0.29, 0.717) is 24.5 Å². The van der Waals surface area contributed by atoms with Gasteiger partial charge in [0.1, 0.15) is 4.90 Å². The Kier molecular flexibility index (Phi) is 5.92. The molecule has 2 aromatic rings. The number of hydrogen-bond donors (Lipinski definition) is 2. The molecular weight excluding hydrogens is 368 g/mol. The molecule has 144 valence electrons. The van der Waals surface area contributed by atoms with Crippen molar-refractivity contribution in [1.82, 2.24) is 14.6 Å². The lowest BCUT2D eigenvalue weighted by Crippen LogP contribution is -2.31. The van der Waals surface area contributed by atoms with Gasteiger partial charge in [0.05, 0.1) is 12.8 Å². The van der Waals surface area contributed by atoms with Crippen LogP contribution in [0.2, 0.25) is 0 Å². The molecule has 0 radical (unpaired) electrons. The molecule has 3 rings (SSSR count). The number of para-hydroxylation sites is 1. The number of carbonyl (C=O) groups excluding carboxylic acids is 1. The molecule has 8 nitrogen and oxygen atoms in total. The summed E-state index contributed by atoms with van der Waals surface area (Å²) in [5, 5.41) is 5.32. The number of pyridine rings is 1. The van der Waals surface area contributed by atoms with Crippen LogP contribution in [-0.2, 0) is 16.6 Å². The van der Waals surface area contributed by atoms with Crippen molar-refractivity contribution >= 4 is 21.7 Å². The van der Waals surface area contributed by atoms with Crippen LogP contribution in [-0.4, -0.2) is 43.9 Å². The van der Waals surface area contributed by atoms with E-state index < -0.39 is 16.1 Å². The van der Waals surface area contributed by atoms with Gasteiger partial charge < -0.3 is 15.4 Å². The van der Waals surface area contributed by atoms with Gasteiger partial charge in [-0.05, 0) is 31.0 Å². The standard InChI is InChI=1S/C18H22N4O4S/c1-26-17-14(7-6-10-19-17)13-20-18(23)21-15-8-2-3-9-16(15)27(24,25)22-11-4-5-12-22/h2-3,6-10H,4-5,11-13H2,1H3,(H2,20,21,23). The van der Waals surface area contributed by atoms with Crippen LogP contribution in [0.4, 0.5) is 10.5 Å². The predicted molar refractivity (Wildman–Crippen MR) is 101 cm³/mol. The van der Waals surface area contributed by atoms with Gasteiger partial charge in [-0.1, -0.05) is 18.2 Å². The minimum absolute atomic E-state index is 0.0982. The topological polar surface area (TPSA) is 101 Å². The molecule has 1 aromatic heterocycles. The summed E-state index contributed by atoms with van der Waals surface area (Å²) in [5.41, 5.74) is 0.966. The SMILES string of the molecule is COc1ncccc1CNC(=O)Nc1ccccc1S(=O)(=O)N1CCCC1. The Morgan fingerprint density at radius 2 is 1.93 bits per heavy atom. The van der Waals surface area contributed by atoms with Crippen molar-refractivity contribution in [2.75, 3.05) is 25.5 Å². The van der Waals surface area contributed by atoms with Crippen molar-refractivity contribution in [3.05, 3.63) is 48.2 Å². The highest BCUT2D eigenvalue weighted by Crippen LogP contribution is 2.27. The number of urea groups is 1. The fraction of sp³-hybridized carbons (Fsp3) is 0.333. The van der Waals surface area contributed by atoms with Crippen LogP contribution in [0.25, 0.3) is 0 Å². The van der Waals surface area contributed by atoms with E-state index in [1.165, 1.54) is 17.5 Å². The van der Waals surface area contributed by atoms with Crippen LogP contribution in [0.5, 0.6) is 5.88 Å². The summed E-state index contributed by atoms with van der Waals surface area (Å²) in [6.45, 7) is 1.21. The van der Waals surface area contributed by atoms with E-state index in [9.17, 15) is 13.2 Å². The Labute approximate surface area is 158 Å². The van der Waals surface area contributed by atoms with Crippen molar-refractivity contribution in [1.29, 1.82) is 0 Å². The number of aromatic nitrogens is 1. The first-order chi connectivity index (χ1) is 13.0. The Bertz CT molecular complexity index is 911. The number of carbonyl (C=O) groups is 1. The molecule has 0 unspecified atom stereocenters. The fourth-order valence-corrected chi connectivity index (χ4v) is 4.61. The van der Waals surface area contributed by atoms with Gasteiger partial charge in [-0.25, -0.2) is 18.2 Å². The van der Waals surface area contributed by atoms with Gasteiger partial charge in [0.2, 0.25) is 15.9 Å². The molecule has 1 aromatic carbocycles. The second-order valence-electron chi connectivity index (χ2n) is 6.09. The number of benzene rings is 1. The Balaban J connectivity index is 1.71. The van der Waals surface area contributed by atoms with Gasteiger partial charge in [-0.15, -0.1) is 0 Å². The molecule has 1 saturated heterocycles. The number of ether oxygens (including phenoxy) is 1. The number of nitrogens with zero attached hydrogens (tertiary/aromatic N) is 2. The molecule has 0 spiro atoms. The van der Waals surface area contributed by atoms with E-state index >= 15 is 0 Å². The maximum Gasteiger partial charge on any atom is 0.319 e. The molecule has 1 aliphatic heterocycles.